The Kier molecular flexibility index (Phi) is 16.6. The zero-order valence-electron chi connectivity index (χ0n) is 27.2. The van der Waals surface area contributed by atoms with E-state index in [4.69, 9.17) is 26.8 Å². The highest BCUT2D eigenvalue weighted by atomic mass is 16.4. The lowest BCUT2D eigenvalue weighted by molar-refractivity contribution is -0.147. The zero-order chi connectivity index (χ0) is 37.6. The molecule has 21 nitrogen and oxygen atoms in total. The summed E-state index contributed by atoms with van der Waals surface area (Å²) in [6.45, 7) is 4.17. The van der Waals surface area contributed by atoms with Crippen LogP contribution in [-0.2, 0) is 47.9 Å². The molecule has 0 aromatic carbocycles. The summed E-state index contributed by atoms with van der Waals surface area (Å²) < 4.78 is 0. The van der Waals surface area contributed by atoms with E-state index in [9.17, 15) is 47.9 Å². The van der Waals surface area contributed by atoms with Crippen LogP contribution in [0.5, 0.6) is 0 Å². The fraction of sp³-hybridized carbons (Fsp3) is 0.643. The summed E-state index contributed by atoms with van der Waals surface area (Å²) in [6, 6.07) is -8.23. The minimum absolute atomic E-state index is 0.189. The molecule has 0 saturated carbocycles. The van der Waals surface area contributed by atoms with Crippen LogP contribution in [0.25, 0.3) is 0 Å². The third kappa shape index (κ3) is 14.1. The number of carboxylic acid groups (broad SMARTS) is 3. The van der Waals surface area contributed by atoms with Crippen LogP contribution in [0.3, 0.4) is 0 Å². The third-order valence-corrected chi connectivity index (χ3v) is 7.35. The van der Waals surface area contributed by atoms with E-state index >= 15 is 0 Å². The molecule has 6 atom stereocenters. The van der Waals surface area contributed by atoms with E-state index < -0.39 is 128 Å². The van der Waals surface area contributed by atoms with Gasteiger partial charge in [0.1, 0.15) is 30.2 Å². The first-order valence-corrected chi connectivity index (χ1v) is 15.2. The van der Waals surface area contributed by atoms with Crippen molar-refractivity contribution in [3.8, 4) is 0 Å². The van der Waals surface area contributed by atoms with Crippen LogP contribution >= 0.6 is 0 Å². The van der Waals surface area contributed by atoms with Gasteiger partial charge in [0.15, 0.2) is 0 Å². The van der Waals surface area contributed by atoms with Crippen molar-refractivity contribution in [2.75, 3.05) is 13.1 Å². The molecule has 12 N–H and O–H groups in total. The molecule has 0 aliphatic carbocycles. The van der Waals surface area contributed by atoms with E-state index in [2.05, 4.69) is 21.3 Å². The second-order valence-electron chi connectivity index (χ2n) is 11.7. The highest BCUT2D eigenvalue weighted by Gasteiger charge is 2.38. The number of nitrogens with zero attached hydrogens (tertiary/aromatic N) is 1. The molecule has 1 aliphatic heterocycles. The van der Waals surface area contributed by atoms with Crippen LogP contribution in [0, 0.1) is 5.92 Å². The van der Waals surface area contributed by atoms with Crippen molar-refractivity contribution in [1.82, 2.24) is 31.5 Å². The molecule has 0 aromatic heterocycles. The normalized spacial score (nSPS) is 17.0. The average Bonchev–Trinajstić information content (AvgIpc) is 3.50. The molecule has 0 spiro atoms. The van der Waals surface area contributed by atoms with Gasteiger partial charge in [-0.2, -0.15) is 0 Å². The number of likely N-dealkylation sites (tertiary alicyclic amines) is 1. The first-order valence-electron chi connectivity index (χ1n) is 15.2. The zero-order valence-corrected chi connectivity index (χ0v) is 27.2. The maximum Gasteiger partial charge on any atom is 0.326 e. The molecule has 49 heavy (non-hydrogen) atoms. The molecule has 1 aliphatic rings. The molecule has 1 heterocycles. The Morgan fingerprint density at radius 1 is 0.776 bits per heavy atom. The molecule has 0 aromatic rings. The lowest BCUT2D eigenvalue weighted by Gasteiger charge is -2.29. The Morgan fingerprint density at radius 3 is 1.92 bits per heavy atom. The molecule has 1 rings (SSSR count). The number of hydrogen-bond acceptors (Lipinski definition) is 11. The number of aliphatic carboxylic acids is 3. The number of hydrogen-bond donors (Lipinski definition) is 10. The van der Waals surface area contributed by atoms with Crippen molar-refractivity contribution < 1.29 is 63.3 Å². The Hall–Kier alpha value is -5.34. The summed E-state index contributed by atoms with van der Waals surface area (Å²) in [7, 11) is 0. The molecule has 1 saturated heterocycles. The van der Waals surface area contributed by atoms with Crippen molar-refractivity contribution >= 4 is 59.3 Å². The number of primary amides is 1. The summed E-state index contributed by atoms with van der Waals surface area (Å²) in [5.41, 5.74) is 11.2. The van der Waals surface area contributed by atoms with E-state index in [0.717, 1.165) is 0 Å². The second-order valence-corrected chi connectivity index (χ2v) is 11.7. The van der Waals surface area contributed by atoms with Gasteiger partial charge in [-0.25, -0.2) is 4.79 Å². The van der Waals surface area contributed by atoms with Crippen molar-refractivity contribution in [1.29, 1.82) is 0 Å². The first kappa shape index (κ1) is 41.7. The van der Waals surface area contributed by atoms with Gasteiger partial charge < -0.3 is 58.3 Å². The largest absolute Gasteiger partial charge is 0.481 e. The van der Waals surface area contributed by atoms with Gasteiger partial charge in [0.05, 0.1) is 25.4 Å². The van der Waals surface area contributed by atoms with Gasteiger partial charge in [0.25, 0.3) is 0 Å². The molecule has 1 fully saturated rings. The molecule has 21 heteroatoms. The van der Waals surface area contributed by atoms with Crippen LogP contribution < -0.4 is 38.1 Å². The van der Waals surface area contributed by atoms with Gasteiger partial charge in [-0.3, -0.25) is 43.2 Å². The van der Waals surface area contributed by atoms with Crippen LogP contribution in [0.4, 0.5) is 0 Å². The molecular formula is C28H44N8O13. The van der Waals surface area contributed by atoms with Crippen LogP contribution in [-0.4, -0.2) is 129 Å². The smallest absolute Gasteiger partial charge is 0.326 e. The van der Waals surface area contributed by atoms with Crippen molar-refractivity contribution in [2.24, 2.45) is 17.4 Å². The van der Waals surface area contributed by atoms with E-state index in [1.165, 1.54) is 11.8 Å². The molecule has 7 amide bonds. The Bertz CT molecular complexity index is 1310. The number of nitrogens with two attached hydrogens (primary N) is 2. The molecule has 0 bridgehead atoms. The number of rotatable bonds is 20. The Labute approximate surface area is 280 Å². The predicted octanol–water partition coefficient (Wildman–Crippen LogP) is -4.66. The van der Waals surface area contributed by atoms with Crippen molar-refractivity contribution in [3.05, 3.63) is 0 Å². The maximum atomic E-state index is 13.1. The summed E-state index contributed by atoms with van der Waals surface area (Å²) >= 11 is 0. The molecule has 274 valence electrons. The predicted molar refractivity (Wildman–Crippen MR) is 165 cm³/mol. The van der Waals surface area contributed by atoms with Gasteiger partial charge in [-0.05, 0) is 32.1 Å². The number of nitrogens with one attached hydrogen (secondary N) is 5. The number of carbonyl (C=O) groups is 10. The van der Waals surface area contributed by atoms with E-state index in [0.29, 0.717) is 12.8 Å². The van der Waals surface area contributed by atoms with Gasteiger partial charge in [0, 0.05) is 13.0 Å². The standard InChI is InChI=1S/C28H44N8O13/c1-12(2)22(30)27(47)36-8-4-5-17(36)26(46)32-13(3)23(43)35-15(9-18(29)37)25(45)34-14(6-7-20(39)40)24(44)31-11-19(38)33-16(28(48)49)10-21(41)42/h12-17,22H,4-11,30H2,1-3H3,(H2,29,37)(H,31,44)(H,32,46)(H,33,38)(H,34,45)(H,35,43)(H,39,40)(H,41,42)(H,48,49)/t13-,14-,15-,16-,17-,22-/m0/s1. The Morgan fingerprint density at radius 2 is 1.39 bits per heavy atom. The summed E-state index contributed by atoms with van der Waals surface area (Å²) in [4.78, 5) is 123. The quantitative estimate of drug-likeness (QED) is 0.0571. The highest BCUT2D eigenvalue weighted by molar-refractivity contribution is 5.98. The first-order chi connectivity index (χ1) is 22.7. The molecule has 0 radical (unpaired) electrons. The van der Waals surface area contributed by atoms with Crippen molar-refractivity contribution in [3.63, 3.8) is 0 Å². The SMILES string of the molecule is CC(C)[C@H](N)C(=O)N1CCC[C@H]1C(=O)N[C@@H](C)C(=O)N[C@@H](CC(N)=O)C(=O)N[C@@H](CCC(=O)O)C(=O)NCC(=O)N[C@@H](CC(=O)O)C(=O)O. The molecular weight excluding hydrogens is 656 g/mol. The average molecular weight is 701 g/mol. The monoisotopic (exact) mass is 700 g/mol. The van der Waals surface area contributed by atoms with E-state index in [1.807, 2.05) is 5.32 Å². The number of carboxylic acids is 3. The third-order valence-electron chi connectivity index (χ3n) is 7.35. The van der Waals surface area contributed by atoms with Crippen LogP contribution in [0.15, 0.2) is 0 Å². The Balaban J connectivity index is 2.97. The lowest BCUT2D eigenvalue weighted by Crippen LogP contribution is -2.59. The van der Waals surface area contributed by atoms with Gasteiger partial charge >= 0.3 is 17.9 Å². The number of amides is 7. The van der Waals surface area contributed by atoms with Crippen molar-refractivity contribution in [2.45, 2.75) is 95.5 Å². The van der Waals surface area contributed by atoms with Crippen LogP contribution in [0.1, 0.15) is 59.3 Å². The van der Waals surface area contributed by atoms with Gasteiger partial charge in [-0.1, -0.05) is 13.8 Å². The van der Waals surface area contributed by atoms with Crippen LogP contribution in [0.2, 0.25) is 0 Å². The minimum atomic E-state index is -1.82. The number of carbonyl (C=O) groups excluding carboxylic acids is 7. The minimum Gasteiger partial charge on any atom is -0.481 e. The second kappa shape index (κ2) is 19.5. The van der Waals surface area contributed by atoms with Gasteiger partial charge in [-0.15, -0.1) is 0 Å². The highest BCUT2D eigenvalue weighted by Crippen LogP contribution is 2.20. The molecule has 0 unspecified atom stereocenters. The summed E-state index contributed by atoms with van der Waals surface area (Å²) in [6.07, 6.45) is -2.12. The fourth-order valence-electron chi connectivity index (χ4n) is 4.58. The lowest BCUT2D eigenvalue weighted by atomic mass is 10.0. The summed E-state index contributed by atoms with van der Waals surface area (Å²) in [5, 5.41) is 37.7. The maximum absolute atomic E-state index is 13.1. The van der Waals surface area contributed by atoms with Gasteiger partial charge in [0.2, 0.25) is 41.4 Å². The van der Waals surface area contributed by atoms with E-state index in [-0.39, 0.29) is 12.5 Å². The summed E-state index contributed by atoms with van der Waals surface area (Å²) in [5.74, 6) is -11.2. The van der Waals surface area contributed by atoms with E-state index in [1.54, 1.807) is 13.8 Å². The fourth-order valence-corrected chi connectivity index (χ4v) is 4.58. The topological polar surface area (TPSA) is 347 Å².